The van der Waals surface area contributed by atoms with Gasteiger partial charge in [-0.15, -0.1) is 0 Å². The number of amides is 1. The molecule has 2 aliphatic rings. The number of nitrogens with one attached hydrogen (secondary N) is 1. The van der Waals surface area contributed by atoms with Gasteiger partial charge in [-0.2, -0.15) is 5.10 Å². The van der Waals surface area contributed by atoms with Crippen LogP contribution in [0.15, 0.2) is 30.3 Å². The Balaban J connectivity index is 1.55. The van der Waals surface area contributed by atoms with Crippen molar-refractivity contribution in [2.75, 3.05) is 6.61 Å². The molecule has 6 nitrogen and oxygen atoms in total. The molecule has 0 aliphatic heterocycles. The van der Waals surface area contributed by atoms with E-state index in [2.05, 4.69) is 17.4 Å². The molecule has 0 radical (unpaired) electrons. The zero-order valence-corrected chi connectivity index (χ0v) is 17.7. The monoisotopic (exact) mass is 409 g/mol. The Kier molecular flexibility index (Phi) is 6.50. The Morgan fingerprint density at radius 1 is 1.10 bits per heavy atom. The first-order chi connectivity index (χ1) is 14.7. The average Bonchev–Trinajstić information content (AvgIpc) is 3.14. The molecule has 1 N–H and O–H groups in total. The Labute approximate surface area is 178 Å². The maximum Gasteiger partial charge on any atom is 0.311 e. The van der Waals surface area contributed by atoms with Crippen molar-refractivity contribution >= 4 is 11.9 Å². The summed E-state index contributed by atoms with van der Waals surface area (Å²) in [5.41, 5.74) is 3.97. The number of esters is 1. The van der Waals surface area contributed by atoms with Gasteiger partial charge in [0.1, 0.15) is 0 Å². The van der Waals surface area contributed by atoms with Crippen LogP contribution in [0, 0.1) is 5.92 Å². The van der Waals surface area contributed by atoms with Gasteiger partial charge in [0.05, 0.1) is 19.1 Å². The standard InChI is InChI=1S/C24H31N3O3/c1-2-30-24(29)18-12-6-8-14-20(18)25-23(28)22-19-13-7-9-15-21(19)27(26-22)16-17-10-4-3-5-11-17/h3-5,10-11,18,20H,2,6-9,12-16H2,1H3,(H,25,28)/t18-,20+/m1/s1. The highest BCUT2D eigenvalue weighted by atomic mass is 16.5. The molecule has 2 atom stereocenters. The third-order valence-corrected chi connectivity index (χ3v) is 6.32. The SMILES string of the molecule is CCOC(=O)[C@@H]1CCCC[C@@H]1NC(=O)c1nn(Cc2ccccc2)c2c1CCCC2. The molecule has 0 spiro atoms. The summed E-state index contributed by atoms with van der Waals surface area (Å²) in [6, 6.07) is 10.1. The van der Waals surface area contributed by atoms with Gasteiger partial charge in [0.25, 0.3) is 5.91 Å². The maximum absolute atomic E-state index is 13.2. The molecule has 1 saturated carbocycles. The van der Waals surface area contributed by atoms with Crippen molar-refractivity contribution in [3.05, 3.63) is 52.8 Å². The van der Waals surface area contributed by atoms with Crippen LogP contribution in [0.1, 0.15) is 72.8 Å². The average molecular weight is 410 g/mol. The van der Waals surface area contributed by atoms with Crippen molar-refractivity contribution < 1.29 is 14.3 Å². The number of carbonyl (C=O) groups excluding carboxylic acids is 2. The van der Waals surface area contributed by atoms with Crippen molar-refractivity contribution in [2.24, 2.45) is 5.92 Å². The van der Waals surface area contributed by atoms with Crippen LogP contribution in [-0.4, -0.2) is 34.3 Å². The summed E-state index contributed by atoms with van der Waals surface area (Å²) in [6.07, 6.45) is 7.64. The lowest BCUT2D eigenvalue weighted by Crippen LogP contribution is -2.46. The maximum atomic E-state index is 13.2. The van der Waals surface area contributed by atoms with Gasteiger partial charge in [-0.1, -0.05) is 43.2 Å². The number of aromatic nitrogens is 2. The van der Waals surface area contributed by atoms with Crippen molar-refractivity contribution in [3.63, 3.8) is 0 Å². The lowest BCUT2D eigenvalue weighted by Gasteiger charge is -2.30. The van der Waals surface area contributed by atoms with E-state index in [9.17, 15) is 9.59 Å². The Bertz CT molecular complexity index is 891. The highest BCUT2D eigenvalue weighted by Crippen LogP contribution is 2.28. The summed E-state index contributed by atoms with van der Waals surface area (Å²) in [6.45, 7) is 2.86. The third-order valence-electron chi connectivity index (χ3n) is 6.32. The molecule has 4 rings (SSSR count). The summed E-state index contributed by atoms with van der Waals surface area (Å²) in [4.78, 5) is 25.6. The quantitative estimate of drug-likeness (QED) is 0.739. The number of fused-ring (bicyclic) bond motifs is 1. The molecule has 0 unspecified atom stereocenters. The fraction of sp³-hybridized carbons (Fsp3) is 0.542. The Hall–Kier alpha value is -2.63. The van der Waals surface area contributed by atoms with Gasteiger partial charge in [0.2, 0.25) is 0 Å². The molecule has 30 heavy (non-hydrogen) atoms. The summed E-state index contributed by atoms with van der Waals surface area (Å²) >= 11 is 0. The first-order valence-corrected chi connectivity index (χ1v) is 11.3. The predicted molar refractivity (Wildman–Crippen MR) is 114 cm³/mol. The lowest BCUT2D eigenvalue weighted by atomic mass is 9.84. The van der Waals surface area contributed by atoms with Crippen molar-refractivity contribution in [1.29, 1.82) is 0 Å². The van der Waals surface area contributed by atoms with Crippen molar-refractivity contribution in [3.8, 4) is 0 Å². The zero-order chi connectivity index (χ0) is 20.9. The van der Waals surface area contributed by atoms with E-state index in [1.165, 1.54) is 11.3 Å². The minimum atomic E-state index is -0.259. The van der Waals surface area contributed by atoms with Crippen LogP contribution in [0.4, 0.5) is 0 Å². The van der Waals surface area contributed by atoms with Gasteiger partial charge in [0, 0.05) is 17.3 Å². The summed E-state index contributed by atoms with van der Waals surface area (Å²) in [5, 5.41) is 7.88. The van der Waals surface area contributed by atoms with Crippen molar-refractivity contribution in [1.82, 2.24) is 15.1 Å². The molecule has 0 saturated heterocycles. The van der Waals surface area contributed by atoms with Crippen LogP contribution >= 0.6 is 0 Å². The van der Waals surface area contributed by atoms with Gasteiger partial charge in [-0.05, 0) is 51.0 Å². The number of nitrogens with zero attached hydrogens (tertiary/aromatic N) is 2. The van der Waals surface area contributed by atoms with E-state index in [-0.39, 0.29) is 23.8 Å². The second-order valence-corrected chi connectivity index (χ2v) is 8.35. The highest BCUT2D eigenvalue weighted by molar-refractivity contribution is 5.94. The van der Waals surface area contributed by atoms with Gasteiger partial charge in [0.15, 0.2) is 5.69 Å². The Morgan fingerprint density at radius 2 is 1.87 bits per heavy atom. The van der Waals surface area contributed by atoms with Crippen LogP contribution in [0.2, 0.25) is 0 Å². The summed E-state index contributed by atoms with van der Waals surface area (Å²) < 4.78 is 7.25. The van der Waals surface area contributed by atoms with E-state index < -0.39 is 0 Å². The van der Waals surface area contributed by atoms with Crippen LogP contribution in [0.5, 0.6) is 0 Å². The number of hydrogen-bond donors (Lipinski definition) is 1. The highest BCUT2D eigenvalue weighted by Gasteiger charge is 2.34. The molecule has 1 aromatic carbocycles. The molecular formula is C24H31N3O3. The van der Waals surface area contributed by atoms with Gasteiger partial charge in [-0.3, -0.25) is 14.3 Å². The zero-order valence-electron chi connectivity index (χ0n) is 17.7. The second kappa shape index (κ2) is 9.45. The van der Waals surface area contributed by atoms with E-state index in [0.29, 0.717) is 18.8 Å². The minimum Gasteiger partial charge on any atom is -0.466 e. The van der Waals surface area contributed by atoms with Crippen LogP contribution in [-0.2, 0) is 28.9 Å². The molecule has 2 aliphatic carbocycles. The molecule has 1 aromatic heterocycles. The fourth-order valence-corrected chi connectivity index (χ4v) is 4.81. The smallest absolute Gasteiger partial charge is 0.311 e. The van der Waals surface area contributed by atoms with Crippen molar-refractivity contribution in [2.45, 2.75) is 70.9 Å². The Morgan fingerprint density at radius 3 is 2.67 bits per heavy atom. The van der Waals surface area contributed by atoms with Gasteiger partial charge >= 0.3 is 5.97 Å². The molecule has 0 bridgehead atoms. The van der Waals surface area contributed by atoms with E-state index in [1.54, 1.807) is 0 Å². The number of hydrogen-bond acceptors (Lipinski definition) is 4. The van der Waals surface area contributed by atoms with Gasteiger partial charge < -0.3 is 10.1 Å². The molecule has 1 amide bonds. The van der Waals surface area contributed by atoms with Crippen LogP contribution in [0.3, 0.4) is 0 Å². The topological polar surface area (TPSA) is 73.2 Å². The van der Waals surface area contributed by atoms with E-state index >= 15 is 0 Å². The molecule has 1 heterocycles. The molecule has 1 fully saturated rings. The van der Waals surface area contributed by atoms with E-state index in [4.69, 9.17) is 9.84 Å². The van der Waals surface area contributed by atoms with E-state index in [0.717, 1.165) is 56.9 Å². The second-order valence-electron chi connectivity index (χ2n) is 8.35. The number of benzene rings is 1. The predicted octanol–water partition coefficient (Wildman–Crippen LogP) is 3.66. The first-order valence-electron chi connectivity index (χ1n) is 11.3. The number of carbonyl (C=O) groups is 2. The molecular weight excluding hydrogens is 378 g/mol. The van der Waals surface area contributed by atoms with Gasteiger partial charge in [-0.25, -0.2) is 0 Å². The fourth-order valence-electron chi connectivity index (χ4n) is 4.81. The number of rotatable bonds is 6. The molecule has 160 valence electrons. The third kappa shape index (κ3) is 4.42. The first kappa shape index (κ1) is 20.6. The minimum absolute atomic E-state index is 0.152. The normalized spacial score (nSPS) is 21.0. The largest absolute Gasteiger partial charge is 0.466 e. The van der Waals surface area contributed by atoms with E-state index in [1.807, 2.05) is 29.8 Å². The van der Waals surface area contributed by atoms with Crippen LogP contribution in [0.25, 0.3) is 0 Å². The van der Waals surface area contributed by atoms with Crippen LogP contribution < -0.4 is 5.32 Å². The molecule has 6 heteroatoms. The lowest BCUT2D eigenvalue weighted by molar-refractivity contribution is -0.150. The number of ether oxygens (including phenoxy) is 1. The molecule has 2 aromatic rings. The summed E-state index contributed by atoms with van der Waals surface area (Å²) in [5.74, 6) is -0.606. The summed E-state index contributed by atoms with van der Waals surface area (Å²) in [7, 11) is 0.